The number of halogens is 3. The van der Waals surface area contributed by atoms with Crippen molar-refractivity contribution in [2.24, 2.45) is 23.7 Å². The number of thioether (sulfide) groups is 1. The van der Waals surface area contributed by atoms with Gasteiger partial charge in [-0.1, -0.05) is 58.9 Å². The van der Waals surface area contributed by atoms with Gasteiger partial charge in [0.05, 0.1) is 0 Å². The summed E-state index contributed by atoms with van der Waals surface area (Å²) in [5, 5.41) is 0.796. The molecule has 1 aliphatic carbocycles. The maximum absolute atomic E-state index is 4.97. The summed E-state index contributed by atoms with van der Waals surface area (Å²) in [6.45, 7) is 14.4. The van der Waals surface area contributed by atoms with Crippen LogP contribution in [0, 0.1) is 31.1 Å². The van der Waals surface area contributed by atoms with Crippen molar-refractivity contribution in [3.05, 3.63) is 47.7 Å². The standard InChI is InChI=1S/C20H28S.CH3.3ClH.Ti/c1-11(2)16-9-7-8-10-17(16)19-15(6)21-20-14(5)12(3)13(4)18(19)20;;;;;/h7-14,18,20H,1-6H3;1H3;3*1H;/q;-1;;;;+4/p-3. The van der Waals surface area contributed by atoms with E-state index in [4.69, 9.17) is 27.9 Å². The second-order valence-electron chi connectivity index (χ2n) is 7.61. The first-order valence-corrected chi connectivity index (χ1v) is 16.3. The Kier molecular flexibility index (Phi) is 10.2. The SMILES string of the molecule is CC1=C(c2ccccc2C(C)C)C2C(C)C(C)C(C)C2S1.[CH3-].[Cl][Ti+]([Cl])[Cl]. The molecule has 1 aliphatic heterocycles. The summed E-state index contributed by atoms with van der Waals surface area (Å²) in [5.41, 5.74) is 4.71. The molecule has 0 nitrogen and oxygen atoms in total. The maximum atomic E-state index is 4.97. The summed E-state index contributed by atoms with van der Waals surface area (Å²) >= 11 is 0.238. The van der Waals surface area contributed by atoms with Crippen molar-refractivity contribution in [3.8, 4) is 0 Å². The van der Waals surface area contributed by atoms with Gasteiger partial charge >= 0.3 is 42.6 Å². The van der Waals surface area contributed by atoms with Crippen LogP contribution in [0.25, 0.3) is 5.57 Å². The molecule has 5 heteroatoms. The van der Waals surface area contributed by atoms with E-state index in [2.05, 4.69) is 77.6 Å². The van der Waals surface area contributed by atoms with Gasteiger partial charge in [0.15, 0.2) is 0 Å². The molecule has 5 unspecified atom stereocenters. The Balaban J connectivity index is 0.000000616. The fraction of sp³-hybridized carbons (Fsp3) is 0.571. The van der Waals surface area contributed by atoms with Crippen LogP contribution in [0.15, 0.2) is 29.2 Å². The van der Waals surface area contributed by atoms with Gasteiger partial charge in [0.1, 0.15) is 0 Å². The average molecular weight is 470 g/mol. The quantitative estimate of drug-likeness (QED) is 0.308. The second kappa shape index (κ2) is 10.6. The van der Waals surface area contributed by atoms with Crippen LogP contribution in [0.1, 0.15) is 58.6 Å². The molecule has 0 aromatic heterocycles. The summed E-state index contributed by atoms with van der Waals surface area (Å²) < 4.78 is 0. The van der Waals surface area contributed by atoms with E-state index >= 15 is 0 Å². The van der Waals surface area contributed by atoms with Gasteiger partial charge in [0.25, 0.3) is 0 Å². The van der Waals surface area contributed by atoms with Crippen molar-refractivity contribution in [1.82, 2.24) is 0 Å². The van der Waals surface area contributed by atoms with Gasteiger partial charge in [-0.3, -0.25) is 0 Å². The van der Waals surface area contributed by atoms with Crippen LogP contribution in [0.2, 0.25) is 0 Å². The number of hydrogen-bond acceptors (Lipinski definition) is 1. The zero-order chi connectivity index (χ0) is 18.9. The minimum atomic E-state index is -1.92. The van der Waals surface area contributed by atoms with Crippen LogP contribution in [0.4, 0.5) is 0 Å². The monoisotopic (exact) mass is 468 g/mol. The predicted octanol–water partition coefficient (Wildman–Crippen LogP) is 8.71. The van der Waals surface area contributed by atoms with Crippen LogP contribution >= 0.6 is 39.7 Å². The number of rotatable bonds is 2. The number of fused-ring (bicyclic) bond motifs is 1. The van der Waals surface area contributed by atoms with E-state index in [1.54, 1.807) is 10.5 Å². The van der Waals surface area contributed by atoms with E-state index < -0.39 is 14.7 Å². The molecular formula is C21H31Cl3STi. The number of hydrogen-bond donors (Lipinski definition) is 0. The van der Waals surface area contributed by atoms with Crippen molar-refractivity contribution in [2.75, 3.05) is 0 Å². The van der Waals surface area contributed by atoms with Crippen molar-refractivity contribution < 1.29 is 14.7 Å². The van der Waals surface area contributed by atoms with Gasteiger partial charge in [0, 0.05) is 11.2 Å². The molecule has 1 saturated carbocycles. The summed E-state index contributed by atoms with van der Waals surface area (Å²) in [4.78, 5) is 1.57. The van der Waals surface area contributed by atoms with Gasteiger partial charge in [-0.15, -0.1) is 11.8 Å². The molecule has 146 valence electrons. The molecule has 1 aromatic rings. The Morgan fingerprint density at radius 2 is 1.50 bits per heavy atom. The van der Waals surface area contributed by atoms with E-state index in [1.165, 1.54) is 11.1 Å². The summed E-state index contributed by atoms with van der Waals surface area (Å²) in [6, 6.07) is 9.09. The third-order valence-electron chi connectivity index (χ3n) is 6.00. The first-order valence-electron chi connectivity index (χ1n) is 8.96. The summed E-state index contributed by atoms with van der Waals surface area (Å²) in [6.07, 6.45) is 0. The molecule has 1 aromatic carbocycles. The molecule has 0 spiro atoms. The molecular weight excluding hydrogens is 439 g/mol. The number of allylic oxidation sites excluding steroid dienone is 2. The van der Waals surface area contributed by atoms with Gasteiger partial charge < -0.3 is 7.43 Å². The fourth-order valence-corrected chi connectivity index (χ4v) is 6.23. The zero-order valence-corrected chi connectivity index (χ0v) is 21.5. The Morgan fingerprint density at radius 3 is 2.04 bits per heavy atom. The predicted molar refractivity (Wildman–Crippen MR) is 119 cm³/mol. The summed E-state index contributed by atoms with van der Waals surface area (Å²) in [7, 11) is 14.9. The van der Waals surface area contributed by atoms with Gasteiger partial charge in [-0.25, -0.2) is 0 Å². The molecule has 3 rings (SSSR count). The minimum absolute atomic E-state index is 0. The molecule has 1 fully saturated rings. The van der Waals surface area contributed by atoms with Crippen molar-refractivity contribution in [3.63, 3.8) is 0 Å². The van der Waals surface area contributed by atoms with E-state index in [1.807, 2.05) is 0 Å². The van der Waals surface area contributed by atoms with E-state index in [0.29, 0.717) is 5.92 Å². The van der Waals surface area contributed by atoms with E-state index in [-0.39, 0.29) is 7.43 Å². The van der Waals surface area contributed by atoms with Crippen LogP contribution in [0.3, 0.4) is 0 Å². The molecule has 26 heavy (non-hydrogen) atoms. The Morgan fingerprint density at radius 1 is 0.962 bits per heavy atom. The topological polar surface area (TPSA) is 0 Å². The Hall–Kier alpha value is 0.894. The Bertz CT molecular complexity index is 627. The van der Waals surface area contributed by atoms with Crippen LogP contribution < -0.4 is 0 Å². The number of benzene rings is 1. The fourth-order valence-electron chi connectivity index (χ4n) is 4.46. The van der Waals surface area contributed by atoms with Crippen molar-refractivity contribution in [1.29, 1.82) is 0 Å². The molecule has 0 bridgehead atoms. The first kappa shape index (κ1) is 24.9. The van der Waals surface area contributed by atoms with Crippen LogP contribution in [-0.2, 0) is 14.7 Å². The molecule has 2 aliphatic rings. The molecule has 1 heterocycles. The van der Waals surface area contributed by atoms with Crippen LogP contribution in [0.5, 0.6) is 0 Å². The third kappa shape index (κ3) is 5.28. The molecule has 5 atom stereocenters. The summed E-state index contributed by atoms with van der Waals surface area (Å²) in [5.74, 6) is 3.80. The van der Waals surface area contributed by atoms with Gasteiger partial charge in [-0.05, 0) is 52.2 Å². The average Bonchev–Trinajstić information content (AvgIpc) is 2.97. The van der Waals surface area contributed by atoms with Crippen molar-refractivity contribution >= 4 is 45.2 Å². The Labute approximate surface area is 182 Å². The normalized spacial score (nSPS) is 29.8. The second-order valence-corrected chi connectivity index (χ2v) is 16.7. The zero-order valence-electron chi connectivity index (χ0n) is 16.8. The van der Waals surface area contributed by atoms with Gasteiger partial charge in [0.2, 0.25) is 0 Å². The molecule has 0 amide bonds. The molecule has 0 saturated heterocycles. The first-order chi connectivity index (χ1) is 11.7. The van der Waals surface area contributed by atoms with E-state index in [0.717, 1.165) is 28.9 Å². The molecule has 0 radical (unpaired) electrons. The van der Waals surface area contributed by atoms with E-state index in [9.17, 15) is 0 Å². The van der Waals surface area contributed by atoms with Crippen molar-refractivity contribution in [2.45, 2.75) is 52.7 Å². The van der Waals surface area contributed by atoms with Crippen LogP contribution in [-0.4, -0.2) is 5.25 Å². The third-order valence-corrected chi connectivity index (χ3v) is 7.56. The van der Waals surface area contributed by atoms with Gasteiger partial charge in [-0.2, -0.15) is 0 Å². The molecule has 0 N–H and O–H groups in total.